The number of hydrogen-bond donors (Lipinski definition) is 2. The van der Waals surface area contributed by atoms with E-state index < -0.39 is 0 Å². The average molecular weight is 395 g/mol. The summed E-state index contributed by atoms with van der Waals surface area (Å²) in [4.78, 5) is 24.6. The molecule has 0 atom stereocenters. The van der Waals surface area contributed by atoms with Gasteiger partial charge < -0.3 is 10.3 Å². The van der Waals surface area contributed by atoms with Crippen molar-refractivity contribution in [3.05, 3.63) is 59.5 Å². The molecule has 0 aliphatic rings. The highest BCUT2D eigenvalue weighted by Crippen LogP contribution is 2.23. The van der Waals surface area contributed by atoms with Crippen molar-refractivity contribution in [2.24, 2.45) is 0 Å². The molecule has 3 heterocycles. The molecule has 1 amide bonds. The van der Waals surface area contributed by atoms with Gasteiger partial charge in [0.2, 0.25) is 0 Å². The van der Waals surface area contributed by atoms with Crippen molar-refractivity contribution in [2.75, 3.05) is 5.32 Å². The molecular weight excluding hydrogens is 376 g/mol. The lowest BCUT2D eigenvalue weighted by atomic mass is 10.1. The highest BCUT2D eigenvalue weighted by atomic mass is 35.5. The summed E-state index contributed by atoms with van der Waals surface area (Å²) in [6.45, 7) is 6.09. The Kier molecular flexibility index (Phi) is 4.39. The van der Waals surface area contributed by atoms with Crippen LogP contribution >= 0.6 is 11.6 Å². The lowest BCUT2D eigenvalue weighted by Gasteiger charge is -2.18. The van der Waals surface area contributed by atoms with Gasteiger partial charge in [-0.2, -0.15) is 5.10 Å². The number of amides is 1. The zero-order valence-corrected chi connectivity index (χ0v) is 16.4. The van der Waals surface area contributed by atoms with E-state index in [2.05, 4.69) is 25.4 Å². The highest BCUT2D eigenvalue weighted by molar-refractivity contribution is 6.30. The van der Waals surface area contributed by atoms with E-state index in [1.54, 1.807) is 35.4 Å². The molecule has 0 bridgehead atoms. The van der Waals surface area contributed by atoms with Crippen LogP contribution in [0.4, 0.5) is 5.69 Å². The van der Waals surface area contributed by atoms with Crippen LogP contribution in [0.15, 0.2) is 48.9 Å². The summed E-state index contributed by atoms with van der Waals surface area (Å²) in [6, 6.07) is 9.07. The van der Waals surface area contributed by atoms with E-state index in [0.29, 0.717) is 27.8 Å². The van der Waals surface area contributed by atoms with Crippen LogP contribution in [0.2, 0.25) is 5.02 Å². The van der Waals surface area contributed by atoms with Gasteiger partial charge in [-0.05, 0) is 51.1 Å². The Labute approximate surface area is 166 Å². The number of aromatic nitrogens is 5. The number of nitrogens with one attached hydrogen (secondary N) is 2. The highest BCUT2D eigenvalue weighted by Gasteiger charge is 2.17. The van der Waals surface area contributed by atoms with Crippen LogP contribution in [0.3, 0.4) is 0 Å². The average Bonchev–Trinajstić information content (AvgIpc) is 3.29. The van der Waals surface area contributed by atoms with Crippen LogP contribution < -0.4 is 5.32 Å². The molecule has 0 radical (unpaired) electrons. The Morgan fingerprint density at radius 2 is 2.00 bits per heavy atom. The largest absolute Gasteiger partial charge is 0.337 e. The van der Waals surface area contributed by atoms with Gasteiger partial charge in [0.25, 0.3) is 5.91 Å². The van der Waals surface area contributed by atoms with E-state index in [4.69, 9.17) is 11.6 Å². The molecule has 0 saturated heterocycles. The third-order valence-corrected chi connectivity index (χ3v) is 4.47. The summed E-state index contributed by atoms with van der Waals surface area (Å²) in [5.74, 6) is 0.426. The van der Waals surface area contributed by atoms with Gasteiger partial charge in [0.1, 0.15) is 5.69 Å². The van der Waals surface area contributed by atoms with Crippen LogP contribution in [-0.2, 0) is 5.54 Å². The van der Waals surface area contributed by atoms with Gasteiger partial charge in [-0.25, -0.2) is 4.98 Å². The molecule has 0 aliphatic carbocycles. The molecule has 28 heavy (non-hydrogen) atoms. The minimum absolute atomic E-state index is 0.181. The fourth-order valence-electron chi connectivity index (χ4n) is 2.73. The number of hydrogen-bond acceptors (Lipinski definition) is 4. The number of benzene rings is 1. The standard InChI is InChI=1S/C20H19ClN6O/c1-20(2,3)27-11-12(9-23-27)19(28)24-14-5-7-15-17(8-14)26-18(25-15)16-6-4-13(21)10-22-16/h4-11H,1-3H3,(H,24,28)(H,25,26). The maximum absolute atomic E-state index is 12.5. The molecule has 0 spiro atoms. The van der Waals surface area contributed by atoms with Gasteiger partial charge in [0, 0.05) is 18.1 Å². The van der Waals surface area contributed by atoms with Crippen molar-refractivity contribution in [2.45, 2.75) is 26.3 Å². The van der Waals surface area contributed by atoms with Crippen LogP contribution in [-0.4, -0.2) is 30.6 Å². The fraction of sp³-hybridized carbons (Fsp3) is 0.200. The first-order chi connectivity index (χ1) is 13.3. The number of H-pyrrole nitrogens is 1. The molecule has 4 aromatic rings. The quantitative estimate of drug-likeness (QED) is 0.536. The molecular formula is C20H19ClN6O. The Morgan fingerprint density at radius 3 is 2.68 bits per heavy atom. The number of halogens is 1. The number of fused-ring (bicyclic) bond motifs is 1. The monoisotopic (exact) mass is 394 g/mol. The fourth-order valence-corrected chi connectivity index (χ4v) is 2.85. The van der Waals surface area contributed by atoms with Gasteiger partial charge in [0.15, 0.2) is 5.82 Å². The smallest absolute Gasteiger partial charge is 0.258 e. The molecule has 0 aliphatic heterocycles. The molecule has 2 N–H and O–H groups in total. The zero-order chi connectivity index (χ0) is 19.9. The summed E-state index contributed by atoms with van der Waals surface area (Å²) in [6.07, 6.45) is 4.89. The first-order valence-corrected chi connectivity index (χ1v) is 9.15. The van der Waals surface area contributed by atoms with Gasteiger partial charge in [-0.1, -0.05) is 11.6 Å². The Morgan fingerprint density at radius 1 is 1.18 bits per heavy atom. The van der Waals surface area contributed by atoms with Crippen molar-refractivity contribution >= 4 is 34.2 Å². The van der Waals surface area contributed by atoms with Crippen molar-refractivity contribution in [3.8, 4) is 11.5 Å². The lowest BCUT2D eigenvalue weighted by Crippen LogP contribution is -2.22. The van der Waals surface area contributed by atoms with E-state index in [0.717, 1.165) is 11.0 Å². The SMILES string of the molecule is CC(C)(C)n1cc(C(=O)Nc2ccc3nc(-c4ccc(Cl)cn4)[nH]c3c2)cn1. The number of nitrogens with zero attached hydrogens (tertiary/aromatic N) is 4. The lowest BCUT2D eigenvalue weighted by molar-refractivity contribution is 0.102. The summed E-state index contributed by atoms with van der Waals surface area (Å²) >= 11 is 5.88. The second-order valence-electron chi connectivity index (χ2n) is 7.48. The summed E-state index contributed by atoms with van der Waals surface area (Å²) in [5.41, 5.74) is 3.27. The maximum Gasteiger partial charge on any atom is 0.258 e. The molecule has 4 rings (SSSR count). The van der Waals surface area contributed by atoms with Crippen LogP contribution in [0.1, 0.15) is 31.1 Å². The topological polar surface area (TPSA) is 88.5 Å². The van der Waals surface area contributed by atoms with Crippen molar-refractivity contribution in [3.63, 3.8) is 0 Å². The van der Waals surface area contributed by atoms with E-state index >= 15 is 0 Å². The zero-order valence-electron chi connectivity index (χ0n) is 15.7. The molecule has 3 aromatic heterocycles. The second-order valence-corrected chi connectivity index (χ2v) is 7.91. The third kappa shape index (κ3) is 3.61. The Balaban J connectivity index is 1.57. The van der Waals surface area contributed by atoms with Crippen LogP contribution in [0.5, 0.6) is 0 Å². The first kappa shape index (κ1) is 18.2. The molecule has 1 aromatic carbocycles. The van der Waals surface area contributed by atoms with Crippen molar-refractivity contribution in [1.29, 1.82) is 0 Å². The van der Waals surface area contributed by atoms with Crippen molar-refractivity contribution < 1.29 is 4.79 Å². The number of rotatable bonds is 3. The molecule has 0 fully saturated rings. The molecule has 8 heteroatoms. The third-order valence-electron chi connectivity index (χ3n) is 4.24. The summed E-state index contributed by atoms with van der Waals surface area (Å²) < 4.78 is 1.77. The van der Waals surface area contributed by atoms with Crippen LogP contribution in [0.25, 0.3) is 22.6 Å². The molecule has 0 unspecified atom stereocenters. The van der Waals surface area contributed by atoms with E-state index in [1.807, 2.05) is 39.0 Å². The number of carbonyl (C=O) groups excluding carboxylic acids is 1. The molecule has 142 valence electrons. The number of carbonyl (C=O) groups is 1. The second kappa shape index (κ2) is 6.76. The summed E-state index contributed by atoms with van der Waals surface area (Å²) in [5, 5.41) is 7.73. The predicted octanol–water partition coefficient (Wildman–Crippen LogP) is 4.48. The minimum atomic E-state index is -0.214. The molecule has 7 nitrogen and oxygen atoms in total. The normalized spacial score (nSPS) is 11.7. The summed E-state index contributed by atoms with van der Waals surface area (Å²) in [7, 11) is 0. The first-order valence-electron chi connectivity index (χ1n) is 8.78. The van der Waals surface area contributed by atoms with Crippen molar-refractivity contribution in [1.82, 2.24) is 24.7 Å². The van der Waals surface area contributed by atoms with Gasteiger partial charge >= 0.3 is 0 Å². The maximum atomic E-state index is 12.5. The van der Waals surface area contributed by atoms with Crippen LogP contribution in [0, 0.1) is 0 Å². The van der Waals surface area contributed by atoms with Gasteiger partial charge in [-0.3, -0.25) is 14.5 Å². The van der Waals surface area contributed by atoms with Gasteiger partial charge in [0.05, 0.1) is 33.4 Å². The van der Waals surface area contributed by atoms with Gasteiger partial charge in [-0.15, -0.1) is 0 Å². The van der Waals surface area contributed by atoms with E-state index in [1.165, 1.54) is 0 Å². The Bertz CT molecular complexity index is 1150. The Hall–Kier alpha value is -3.19. The minimum Gasteiger partial charge on any atom is -0.337 e. The number of pyridine rings is 1. The number of anilines is 1. The number of imidazole rings is 1. The molecule has 0 saturated carbocycles. The van der Waals surface area contributed by atoms with E-state index in [9.17, 15) is 4.79 Å². The predicted molar refractivity (Wildman–Crippen MR) is 110 cm³/mol. The number of aromatic amines is 1. The van der Waals surface area contributed by atoms with E-state index in [-0.39, 0.29) is 11.4 Å².